The number of carbonyl (C=O) groups is 2. The lowest BCUT2D eigenvalue weighted by atomic mass is 9.78. The summed E-state index contributed by atoms with van der Waals surface area (Å²) in [5.41, 5.74) is 0.746. The Morgan fingerprint density at radius 3 is 2.27 bits per heavy atom. The van der Waals surface area contributed by atoms with E-state index in [4.69, 9.17) is 0 Å². The summed E-state index contributed by atoms with van der Waals surface area (Å²) in [6.45, 7) is 7.98. The molecular weight excluding hydrogens is 328 g/mol. The van der Waals surface area contributed by atoms with Crippen LogP contribution in [0, 0.1) is 5.41 Å². The van der Waals surface area contributed by atoms with E-state index in [9.17, 15) is 9.59 Å². The van der Waals surface area contributed by atoms with Crippen molar-refractivity contribution < 1.29 is 9.59 Å². The van der Waals surface area contributed by atoms with Crippen molar-refractivity contribution in [1.82, 2.24) is 19.6 Å². The topological polar surface area (TPSA) is 47.1 Å². The van der Waals surface area contributed by atoms with Crippen molar-refractivity contribution in [2.75, 3.05) is 52.9 Å². The van der Waals surface area contributed by atoms with E-state index in [2.05, 4.69) is 15.9 Å². The van der Waals surface area contributed by atoms with Crippen LogP contribution in [0.1, 0.15) is 39.0 Å². The lowest BCUT2D eigenvalue weighted by Crippen LogP contribution is -2.55. The smallest absolute Gasteiger partial charge is 0.236 e. The molecule has 0 bridgehead atoms. The Labute approximate surface area is 156 Å². The summed E-state index contributed by atoms with van der Waals surface area (Å²) in [6.07, 6.45) is 7.85. The fourth-order valence-corrected chi connectivity index (χ4v) is 4.90. The number of piperidine rings is 1. The Bertz CT molecular complexity index is 597. The van der Waals surface area contributed by atoms with Crippen LogP contribution in [0.4, 0.5) is 0 Å². The molecule has 0 aromatic rings. The van der Waals surface area contributed by atoms with Crippen LogP contribution in [-0.2, 0) is 9.59 Å². The van der Waals surface area contributed by atoms with Crippen molar-refractivity contribution in [1.29, 1.82) is 0 Å². The first-order valence-corrected chi connectivity index (χ1v) is 10.2. The molecule has 26 heavy (non-hydrogen) atoms. The Hall–Kier alpha value is -1.40. The third-order valence-electron chi connectivity index (χ3n) is 7.11. The Balaban J connectivity index is 1.24. The highest BCUT2D eigenvalue weighted by Crippen LogP contribution is 2.41. The molecule has 1 saturated carbocycles. The summed E-state index contributed by atoms with van der Waals surface area (Å²) in [4.78, 5) is 33.9. The molecule has 4 aliphatic rings. The average molecular weight is 361 g/mol. The molecule has 1 spiro atoms. The van der Waals surface area contributed by atoms with E-state index in [1.165, 1.54) is 19.3 Å². The van der Waals surface area contributed by atoms with Crippen LogP contribution in [0.15, 0.2) is 11.8 Å². The van der Waals surface area contributed by atoms with Gasteiger partial charge in [0.1, 0.15) is 0 Å². The quantitative estimate of drug-likeness (QED) is 0.757. The second-order valence-electron chi connectivity index (χ2n) is 8.58. The number of amides is 2. The number of carbonyl (C=O) groups excluding carboxylic acids is 2. The molecule has 4 rings (SSSR count). The van der Waals surface area contributed by atoms with Gasteiger partial charge < -0.3 is 9.80 Å². The molecule has 0 unspecified atom stereocenters. The zero-order valence-electron chi connectivity index (χ0n) is 16.2. The van der Waals surface area contributed by atoms with Crippen LogP contribution >= 0.6 is 0 Å². The van der Waals surface area contributed by atoms with Crippen LogP contribution in [0.5, 0.6) is 0 Å². The SMILES string of the molecule is CC1=CC2(CCN(CC(=O)N3CCN(C4CCC4)CC3)CC2)C(=O)N1C. The van der Waals surface area contributed by atoms with Crippen LogP contribution in [0.25, 0.3) is 0 Å². The third-order valence-corrected chi connectivity index (χ3v) is 7.11. The van der Waals surface area contributed by atoms with Gasteiger partial charge in [-0.05, 0) is 38.7 Å². The van der Waals surface area contributed by atoms with Gasteiger partial charge in [0.2, 0.25) is 11.8 Å². The number of piperazine rings is 1. The van der Waals surface area contributed by atoms with Crippen molar-refractivity contribution in [2.24, 2.45) is 5.41 Å². The predicted octanol–water partition coefficient (Wildman–Crippen LogP) is 1.14. The normalized spacial score (nSPS) is 27.8. The minimum Gasteiger partial charge on any atom is -0.339 e. The van der Waals surface area contributed by atoms with Crippen LogP contribution in [0.2, 0.25) is 0 Å². The maximum Gasteiger partial charge on any atom is 0.236 e. The largest absolute Gasteiger partial charge is 0.339 e. The molecule has 6 nitrogen and oxygen atoms in total. The van der Waals surface area contributed by atoms with Crippen molar-refractivity contribution in [3.05, 3.63) is 11.8 Å². The van der Waals surface area contributed by atoms with Crippen LogP contribution in [-0.4, -0.2) is 90.3 Å². The van der Waals surface area contributed by atoms with Gasteiger partial charge >= 0.3 is 0 Å². The van der Waals surface area contributed by atoms with Crippen molar-refractivity contribution in [3.8, 4) is 0 Å². The van der Waals surface area contributed by atoms with Gasteiger partial charge in [-0.25, -0.2) is 0 Å². The molecule has 2 saturated heterocycles. The molecule has 6 heteroatoms. The van der Waals surface area contributed by atoms with Crippen LogP contribution in [0.3, 0.4) is 0 Å². The summed E-state index contributed by atoms with van der Waals surface area (Å²) in [7, 11) is 1.86. The van der Waals surface area contributed by atoms with Crippen molar-refractivity contribution >= 4 is 11.8 Å². The Kier molecular flexibility index (Phi) is 4.82. The van der Waals surface area contributed by atoms with Gasteiger partial charge in [0.15, 0.2) is 0 Å². The maximum absolute atomic E-state index is 12.7. The summed E-state index contributed by atoms with van der Waals surface area (Å²) < 4.78 is 0. The fourth-order valence-electron chi connectivity index (χ4n) is 4.90. The fraction of sp³-hybridized carbons (Fsp3) is 0.800. The van der Waals surface area contributed by atoms with Crippen molar-refractivity contribution in [3.63, 3.8) is 0 Å². The van der Waals surface area contributed by atoms with Gasteiger partial charge in [0, 0.05) is 58.1 Å². The van der Waals surface area contributed by atoms with E-state index in [1.54, 1.807) is 4.90 Å². The zero-order valence-corrected chi connectivity index (χ0v) is 16.2. The first-order chi connectivity index (χ1) is 12.5. The average Bonchev–Trinajstić information content (AvgIpc) is 2.80. The summed E-state index contributed by atoms with van der Waals surface area (Å²) in [5, 5.41) is 0. The Morgan fingerprint density at radius 1 is 1.12 bits per heavy atom. The molecule has 2 amide bonds. The lowest BCUT2D eigenvalue weighted by Gasteiger charge is -2.43. The number of likely N-dealkylation sites (tertiary alicyclic amines) is 1. The van der Waals surface area contributed by atoms with E-state index in [0.717, 1.165) is 63.8 Å². The van der Waals surface area contributed by atoms with Gasteiger partial charge in [0.25, 0.3) is 0 Å². The zero-order chi connectivity index (χ0) is 18.3. The highest BCUT2D eigenvalue weighted by atomic mass is 16.2. The monoisotopic (exact) mass is 360 g/mol. The molecule has 3 aliphatic heterocycles. The molecule has 0 aromatic carbocycles. The number of hydrogen-bond donors (Lipinski definition) is 0. The van der Waals surface area contributed by atoms with Gasteiger partial charge in [-0.3, -0.25) is 19.4 Å². The summed E-state index contributed by atoms with van der Waals surface area (Å²) >= 11 is 0. The molecule has 0 N–H and O–H groups in total. The molecule has 3 heterocycles. The molecule has 0 aromatic heterocycles. The minimum atomic E-state index is -0.313. The summed E-state index contributed by atoms with van der Waals surface area (Å²) in [5.74, 6) is 0.490. The van der Waals surface area contributed by atoms with Crippen molar-refractivity contribution in [2.45, 2.75) is 45.1 Å². The first-order valence-electron chi connectivity index (χ1n) is 10.2. The van der Waals surface area contributed by atoms with Gasteiger partial charge in [-0.1, -0.05) is 6.42 Å². The molecule has 1 aliphatic carbocycles. The molecule has 0 atom stereocenters. The van der Waals surface area contributed by atoms with E-state index in [0.29, 0.717) is 6.54 Å². The highest BCUT2D eigenvalue weighted by molar-refractivity contribution is 5.89. The molecule has 3 fully saturated rings. The molecule has 0 radical (unpaired) electrons. The first kappa shape index (κ1) is 18.0. The maximum atomic E-state index is 12.7. The van der Waals surface area contributed by atoms with Gasteiger partial charge in [-0.2, -0.15) is 0 Å². The Morgan fingerprint density at radius 2 is 1.77 bits per heavy atom. The lowest BCUT2D eigenvalue weighted by molar-refractivity contribution is -0.138. The standard InChI is InChI=1S/C20H32N4O2/c1-16-14-20(19(26)21(16)2)6-8-22(9-7-20)15-18(25)24-12-10-23(11-13-24)17-4-3-5-17/h14,17H,3-13,15H2,1-2H3. The number of rotatable bonds is 3. The predicted molar refractivity (Wildman–Crippen MR) is 100 cm³/mol. The molecular formula is C20H32N4O2. The number of hydrogen-bond acceptors (Lipinski definition) is 4. The second-order valence-corrected chi connectivity index (χ2v) is 8.58. The van der Waals surface area contributed by atoms with Gasteiger partial charge in [0.05, 0.1) is 12.0 Å². The van der Waals surface area contributed by atoms with Gasteiger partial charge in [-0.15, -0.1) is 0 Å². The molecule has 144 valence electrons. The van der Waals surface area contributed by atoms with E-state index < -0.39 is 0 Å². The highest BCUT2D eigenvalue weighted by Gasteiger charge is 2.45. The number of nitrogens with zero attached hydrogens (tertiary/aromatic N) is 4. The number of allylic oxidation sites excluding steroid dienone is 1. The van der Waals surface area contributed by atoms with Crippen LogP contribution < -0.4 is 0 Å². The van der Waals surface area contributed by atoms with E-state index >= 15 is 0 Å². The third kappa shape index (κ3) is 3.18. The minimum absolute atomic E-state index is 0.230. The summed E-state index contributed by atoms with van der Waals surface area (Å²) in [6, 6.07) is 0.782. The van der Waals surface area contributed by atoms with E-state index in [-0.39, 0.29) is 17.2 Å². The van der Waals surface area contributed by atoms with E-state index in [1.807, 2.05) is 18.9 Å². The second kappa shape index (κ2) is 6.97.